The second kappa shape index (κ2) is 6.80. The lowest BCUT2D eigenvalue weighted by Gasteiger charge is -2.13. The molecule has 0 aliphatic rings. The third-order valence-electron chi connectivity index (χ3n) is 3.03. The van der Waals surface area contributed by atoms with Crippen molar-refractivity contribution in [3.05, 3.63) is 51.5 Å². The van der Waals surface area contributed by atoms with E-state index in [0.717, 1.165) is 11.6 Å². The van der Waals surface area contributed by atoms with Crippen LogP contribution >= 0.6 is 11.3 Å². The highest BCUT2D eigenvalue weighted by Crippen LogP contribution is 2.20. The van der Waals surface area contributed by atoms with Gasteiger partial charge in [-0.3, -0.25) is 0 Å². The minimum absolute atomic E-state index is 0.273. The zero-order valence-corrected chi connectivity index (χ0v) is 12.5. The minimum Gasteiger partial charge on any atom is -0.380 e. The van der Waals surface area contributed by atoms with Crippen LogP contribution in [0.4, 0.5) is 0 Å². The molecule has 1 aromatic heterocycles. The summed E-state index contributed by atoms with van der Waals surface area (Å²) in [6.07, 6.45) is 1.93. The molecule has 0 amide bonds. The Bertz CT molecular complexity index is 524. The van der Waals surface area contributed by atoms with Gasteiger partial charge in [0.05, 0.1) is 12.6 Å². The van der Waals surface area contributed by atoms with Gasteiger partial charge in [-0.25, -0.2) is 4.98 Å². The van der Waals surface area contributed by atoms with Crippen LogP contribution in [0.3, 0.4) is 0 Å². The maximum absolute atomic E-state index is 5.23. The first-order chi connectivity index (χ1) is 9.20. The summed E-state index contributed by atoms with van der Waals surface area (Å²) in [5.41, 5.74) is 2.52. The SMILES string of the molecule is COCc1ccccc1CNC(C)c1ncc(C)s1. The molecule has 0 bridgehead atoms. The number of benzene rings is 1. The van der Waals surface area contributed by atoms with E-state index in [1.165, 1.54) is 16.0 Å². The monoisotopic (exact) mass is 276 g/mol. The number of rotatable bonds is 6. The maximum Gasteiger partial charge on any atom is 0.109 e. The van der Waals surface area contributed by atoms with Gasteiger partial charge in [0.1, 0.15) is 5.01 Å². The second-order valence-corrected chi connectivity index (χ2v) is 5.88. The molecule has 0 fully saturated rings. The standard InChI is InChI=1S/C15H20N2OS/c1-11-8-17-15(19-11)12(2)16-9-13-6-4-5-7-14(13)10-18-3/h4-8,12,16H,9-10H2,1-3H3. The van der Waals surface area contributed by atoms with Gasteiger partial charge in [0, 0.05) is 24.7 Å². The molecule has 19 heavy (non-hydrogen) atoms. The van der Waals surface area contributed by atoms with Gasteiger partial charge >= 0.3 is 0 Å². The first-order valence-corrected chi connectivity index (χ1v) is 7.23. The number of aryl methyl sites for hydroxylation is 1. The van der Waals surface area contributed by atoms with Gasteiger partial charge in [0.15, 0.2) is 0 Å². The van der Waals surface area contributed by atoms with Gasteiger partial charge < -0.3 is 10.1 Å². The molecule has 0 spiro atoms. The van der Waals surface area contributed by atoms with Crippen LogP contribution in [0.15, 0.2) is 30.5 Å². The fourth-order valence-corrected chi connectivity index (χ4v) is 2.75. The summed E-state index contributed by atoms with van der Waals surface area (Å²) in [7, 11) is 1.73. The average molecular weight is 276 g/mol. The largest absolute Gasteiger partial charge is 0.380 e. The molecule has 1 unspecified atom stereocenters. The fraction of sp³-hybridized carbons (Fsp3) is 0.400. The Hall–Kier alpha value is -1.23. The van der Waals surface area contributed by atoms with E-state index in [1.807, 2.05) is 12.3 Å². The van der Waals surface area contributed by atoms with Gasteiger partial charge in [-0.05, 0) is 25.0 Å². The van der Waals surface area contributed by atoms with E-state index >= 15 is 0 Å². The maximum atomic E-state index is 5.23. The number of thiazole rings is 1. The number of nitrogens with zero attached hydrogens (tertiary/aromatic N) is 1. The van der Waals surface area contributed by atoms with Crippen molar-refractivity contribution < 1.29 is 4.74 Å². The molecule has 1 atom stereocenters. The normalized spacial score (nSPS) is 12.6. The van der Waals surface area contributed by atoms with Crippen molar-refractivity contribution in [3.63, 3.8) is 0 Å². The summed E-state index contributed by atoms with van der Waals surface area (Å²) < 4.78 is 5.23. The summed E-state index contributed by atoms with van der Waals surface area (Å²) >= 11 is 1.75. The van der Waals surface area contributed by atoms with E-state index < -0.39 is 0 Å². The fourth-order valence-electron chi connectivity index (χ4n) is 1.95. The number of hydrogen-bond acceptors (Lipinski definition) is 4. The molecule has 0 saturated heterocycles. The van der Waals surface area contributed by atoms with Crippen LogP contribution in [0.1, 0.15) is 34.0 Å². The third-order valence-corrected chi connectivity index (χ3v) is 4.12. The Kier molecular flexibility index (Phi) is 5.07. The molecule has 1 aromatic carbocycles. The zero-order valence-electron chi connectivity index (χ0n) is 11.6. The van der Waals surface area contributed by atoms with Crippen molar-refractivity contribution in [2.24, 2.45) is 0 Å². The molecule has 0 radical (unpaired) electrons. The minimum atomic E-state index is 0.273. The highest BCUT2D eigenvalue weighted by molar-refractivity contribution is 7.11. The molecule has 2 aromatic rings. The Morgan fingerprint density at radius 1 is 1.32 bits per heavy atom. The smallest absolute Gasteiger partial charge is 0.109 e. The average Bonchev–Trinajstić information content (AvgIpc) is 2.84. The molecule has 1 N–H and O–H groups in total. The van der Waals surface area contributed by atoms with Crippen LogP contribution in [-0.2, 0) is 17.9 Å². The van der Waals surface area contributed by atoms with Gasteiger partial charge in [0.25, 0.3) is 0 Å². The summed E-state index contributed by atoms with van der Waals surface area (Å²) in [6.45, 7) is 5.72. The Labute approximate surface area is 118 Å². The van der Waals surface area contributed by atoms with E-state index in [-0.39, 0.29) is 6.04 Å². The molecule has 4 heteroatoms. The highest BCUT2D eigenvalue weighted by Gasteiger charge is 2.09. The van der Waals surface area contributed by atoms with Crippen LogP contribution in [0.2, 0.25) is 0 Å². The van der Waals surface area contributed by atoms with Gasteiger partial charge in [-0.15, -0.1) is 11.3 Å². The van der Waals surface area contributed by atoms with E-state index in [9.17, 15) is 0 Å². The van der Waals surface area contributed by atoms with Crippen molar-refractivity contribution in [3.8, 4) is 0 Å². The second-order valence-electron chi connectivity index (χ2n) is 4.61. The lowest BCUT2D eigenvalue weighted by molar-refractivity contribution is 0.184. The molecule has 2 rings (SSSR count). The number of ether oxygens (including phenoxy) is 1. The first-order valence-electron chi connectivity index (χ1n) is 6.42. The Balaban J connectivity index is 1.98. The van der Waals surface area contributed by atoms with Crippen molar-refractivity contribution in [2.45, 2.75) is 33.0 Å². The van der Waals surface area contributed by atoms with E-state index in [4.69, 9.17) is 4.74 Å². The van der Waals surface area contributed by atoms with Crippen molar-refractivity contribution in [2.75, 3.05) is 7.11 Å². The van der Waals surface area contributed by atoms with E-state index in [1.54, 1.807) is 18.4 Å². The van der Waals surface area contributed by atoms with Gasteiger partial charge in [0.2, 0.25) is 0 Å². The quantitative estimate of drug-likeness (QED) is 0.877. The molecule has 102 valence electrons. The van der Waals surface area contributed by atoms with Crippen LogP contribution in [0.5, 0.6) is 0 Å². The number of methoxy groups -OCH3 is 1. The van der Waals surface area contributed by atoms with Crippen LogP contribution in [0.25, 0.3) is 0 Å². The van der Waals surface area contributed by atoms with E-state index in [2.05, 4.69) is 42.3 Å². The predicted octanol–water partition coefficient (Wildman–Crippen LogP) is 3.45. The summed E-state index contributed by atoms with van der Waals surface area (Å²) in [4.78, 5) is 5.67. The third kappa shape index (κ3) is 3.86. The number of hydrogen-bond donors (Lipinski definition) is 1. The lowest BCUT2D eigenvalue weighted by Crippen LogP contribution is -2.18. The zero-order chi connectivity index (χ0) is 13.7. The topological polar surface area (TPSA) is 34.1 Å². The molecular formula is C15H20N2OS. The molecule has 0 saturated carbocycles. The molecular weight excluding hydrogens is 256 g/mol. The lowest BCUT2D eigenvalue weighted by atomic mass is 10.1. The summed E-state index contributed by atoms with van der Waals surface area (Å²) in [6, 6.07) is 8.63. The summed E-state index contributed by atoms with van der Waals surface area (Å²) in [5, 5.41) is 4.66. The van der Waals surface area contributed by atoms with Crippen LogP contribution in [-0.4, -0.2) is 12.1 Å². The predicted molar refractivity (Wildman–Crippen MR) is 79.3 cm³/mol. The van der Waals surface area contributed by atoms with Gasteiger partial charge in [-0.1, -0.05) is 24.3 Å². The van der Waals surface area contributed by atoms with Crippen molar-refractivity contribution >= 4 is 11.3 Å². The van der Waals surface area contributed by atoms with Crippen LogP contribution < -0.4 is 5.32 Å². The number of aromatic nitrogens is 1. The van der Waals surface area contributed by atoms with Crippen molar-refractivity contribution in [1.82, 2.24) is 10.3 Å². The van der Waals surface area contributed by atoms with Crippen LogP contribution in [0, 0.1) is 6.92 Å². The Morgan fingerprint density at radius 3 is 2.68 bits per heavy atom. The molecule has 3 nitrogen and oxygen atoms in total. The Morgan fingerprint density at radius 2 is 2.05 bits per heavy atom. The first kappa shape index (κ1) is 14.2. The number of nitrogens with one attached hydrogen (secondary N) is 1. The molecule has 0 aliphatic heterocycles. The molecule has 0 aliphatic carbocycles. The van der Waals surface area contributed by atoms with Crippen molar-refractivity contribution in [1.29, 1.82) is 0 Å². The van der Waals surface area contributed by atoms with E-state index in [0.29, 0.717) is 6.61 Å². The summed E-state index contributed by atoms with van der Waals surface area (Å²) in [5.74, 6) is 0. The van der Waals surface area contributed by atoms with Gasteiger partial charge in [-0.2, -0.15) is 0 Å². The molecule has 1 heterocycles. The highest BCUT2D eigenvalue weighted by atomic mass is 32.1.